The monoisotopic (exact) mass is 402 g/mol. The predicted octanol–water partition coefficient (Wildman–Crippen LogP) is 3.21. The van der Waals surface area contributed by atoms with E-state index in [9.17, 15) is 9.59 Å². The van der Waals surface area contributed by atoms with E-state index in [4.69, 9.17) is 0 Å². The van der Waals surface area contributed by atoms with Crippen LogP contribution in [0.5, 0.6) is 0 Å². The van der Waals surface area contributed by atoms with Crippen LogP contribution in [0.15, 0.2) is 60.7 Å². The number of benzene rings is 2. The molecular formula is C24H26N4O2. The molecule has 3 aromatic rings. The van der Waals surface area contributed by atoms with Crippen molar-refractivity contribution < 1.29 is 9.59 Å². The van der Waals surface area contributed by atoms with E-state index < -0.39 is 0 Å². The van der Waals surface area contributed by atoms with Gasteiger partial charge in [-0.2, -0.15) is 5.10 Å². The average Bonchev–Trinajstić information content (AvgIpc) is 3.12. The quantitative estimate of drug-likeness (QED) is 0.688. The Labute approximate surface area is 176 Å². The van der Waals surface area contributed by atoms with Crippen molar-refractivity contribution in [3.8, 4) is 0 Å². The molecule has 4 rings (SSSR count). The summed E-state index contributed by atoms with van der Waals surface area (Å²) in [4.78, 5) is 27.5. The highest BCUT2D eigenvalue weighted by Gasteiger charge is 2.26. The Morgan fingerprint density at radius 3 is 2.63 bits per heavy atom. The topological polar surface area (TPSA) is 67.2 Å². The maximum Gasteiger partial charge on any atom is 0.272 e. The predicted molar refractivity (Wildman–Crippen MR) is 115 cm³/mol. The van der Waals surface area contributed by atoms with Crippen molar-refractivity contribution in [2.75, 3.05) is 13.1 Å². The van der Waals surface area contributed by atoms with Gasteiger partial charge in [0.2, 0.25) is 0 Å². The van der Waals surface area contributed by atoms with Gasteiger partial charge in [0.15, 0.2) is 5.69 Å². The van der Waals surface area contributed by atoms with Gasteiger partial charge in [-0.15, -0.1) is 0 Å². The standard InChI is InChI=1S/C24H26N4O2/c1-18-7-5-10-20(15-18)17-27-13-6-14-28-22(24(27)30)16-21(26-28)23(29)25-12-11-19-8-3-2-4-9-19/h2-5,7-10,15-16H,6,11-14,17H2,1H3,(H,25,29). The van der Waals surface area contributed by atoms with Crippen LogP contribution in [0.3, 0.4) is 0 Å². The molecule has 1 N–H and O–H groups in total. The third-order valence-corrected chi connectivity index (χ3v) is 5.31. The molecule has 1 aliphatic rings. The fourth-order valence-electron chi connectivity index (χ4n) is 3.78. The number of aromatic nitrogens is 2. The zero-order valence-corrected chi connectivity index (χ0v) is 17.2. The number of amides is 2. The lowest BCUT2D eigenvalue weighted by Gasteiger charge is -2.20. The molecule has 2 amide bonds. The molecule has 0 saturated carbocycles. The molecule has 0 fully saturated rings. The molecule has 154 valence electrons. The van der Waals surface area contributed by atoms with Gasteiger partial charge in [0.1, 0.15) is 5.69 Å². The molecule has 6 nitrogen and oxygen atoms in total. The van der Waals surface area contributed by atoms with E-state index in [0.29, 0.717) is 37.6 Å². The summed E-state index contributed by atoms with van der Waals surface area (Å²) in [6.45, 7) is 4.44. The Balaban J connectivity index is 1.42. The highest BCUT2D eigenvalue weighted by molar-refractivity contribution is 5.98. The van der Waals surface area contributed by atoms with Crippen LogP contribution in [0.2, 0.25) is 0 Å². The van der Waals surface area contributed by atoms with Crippen molar-refractivity contribution in [1.82, 2.24) is 20.0 Å². The van der Waals surface area contributed by atoms with Gasteiger partial charge < -0.3 is 10.2 Å². The van der Waals surface area contributed by atoms with Crippen LogP contribution >= 0.6 is 0 Å². The summed E-state index contributed by atoms with van der Waals surface area (Å²) in [6, 6.07) is 19.8. The van der Waals surface area contributed by atoms with E-state index in [1.807, 2.05) is 60.4 Å². The number of aryl methyl sites for hydroxylation is 2. The van der Waals surface area contributed by atoms with Gasteiger partial charge in [-0.1, -0.05) is 60.2 Å². The molecule has 2 aromatic carbocycles. The zero-order valence-electron chi connectivity index (χ0n) is 17.2. The Morgan fingerprint density at radius 1 is 1.03 bits per heavy atom. The first-order valence-corrected chi connectivity index (χ1v) is 10.3. The molecule has 2 heterocycles. The van der Waals surface area contributed by atoms with Gasteiger partial charge in [0, 0.05) is 32.2 Å². The molecule has 0 atom stereocenters. The lowest BCUT2D eigenvalue weighted by atomic mass is 10.1. The molecule has 0 bridgehead atoms. The van der Waals surface area contributed by atoms with Crippen LogP contribution in [-0.4, -0.2) is 39.6 Å². The minimum absolute atomic E-state index is 0.0789. The molecule has 1 aliphatic heterocycles. The second kappa shape index (κ2) is 8.95. The van der Waals surface area contributed by atoms with E-state index in [2.05, 4.69) is 16.5 Å². The van der Waals surface area contributed by atoms with Crippen molar-refractivity contribution in [3.05, 3.63) is 88.7 Å². The van der Waals surface area contributed by atoms with Crippen LogP contribution in [-0.2, 0) is 19.5 Å². The average molecular weight is 402 g/mol. The van der Waals surface area contributed by atoms with Gasteiger partial charge in [-0.3, -0.25) is 14.3 Å². The number of nitrogens with one attached hydrogen (secondary N) is 1. The Kier molecular flexibility index (Phi) is 5.93. The second-order valence-electron chi connectivity index (χ2n) is 7.70. The van der Waals surface area contributed by atoms with E-state index in [-0.39, 0.29) is 11.8 Å². The third kappa shape index (κ3) is 4.59. The summed E-state index contributed by atoms with van der Waals surface area (Å²) < 4.78 is 1.67. The zero-order chi connectivity index (χ0) is 20.9. The summed E-state index contributed by atoms with van der Waals surface area (Å²) in [5.41, 5.74) is 4.22. The van der Waals surface area contributed by atoms with Crippen molar-refractivity contribution in [3.63, 3.8) is 0 Å². The van der Waals surface area contributed by atoms with Gasteiger partial charge in [0.25, 0.3) is 11.8 Å². The van der Waals surface area contributed by atoms with E-state index >= 15 is 0 Å². The molecule has 0 saturated heterocycles. The van der Waals surface area contributed by atoms with Gasteiger partial charge in [-0.25, -0.2) is 0 Å². The minimum Gasteiger partial charge on any atom is -0.350 e. The normalized spacial score (nSPS) is 13.6. The first-order valence-electron chi connectivity index (χ1n) is 10.3. The third-order valence-electron chi connectivity index (χ3n) is 5.31. The Bertz CT molecular complexity index is 1040. The van der Waals surface area contributed by atoms with Crippen molar-refractivity contribution in [2.24, 2.45) is 0 Å². The van der Waals surface area contributed by atoms with Gasteiger partial charge in [0.05, 0.1) is 0 Å². The lowest BCUT2D eigenvalue weighted by molar-refractivity contribution is 0.0745. The number of fused-ring (bicyclic) bond motifs is 1. The summed E-state index contributed by atoms with van der Waals surface area (Å²) in [5, 5.41) is 7.30. The van der Waals surface area contributed by atoms with E-state index in [1.54, 1.807) is 10.7 Å². The number of hydrogen-bond donors (Lipinski definition) is 1. The van der Waals surface area contributed by atoms with Crippen LogP contribution < -0.4 is 5.32 Å². The van der Waals surface area contributed by atoms with Crippen LogP contribution in [0.4, 0.5) is 0 Å². The first-order chi connectivity index (χ1) is 14.6. The summed E-state index contributed by atoms with van der Waals surface area (Å²) >= 11 is 0. The first kappa shape index (κ1) is 19.9. The van der Waals surface area contributed by atoms with Crippen LogP contribution in [0, 0.1) is 6.92 Å². The molecule has 0 unspecified atom stereocenters. The number of hydrogen-bond acceptors (Lipinski definition) is 3. The summed E-state index contributed by atoms with van der Waals surface area (Å²) in [6.07, 6.45) is 1.56. The molecule has 0 aliphatic carbocycles. The molecule has 0 radical (unpaired) electrons. The lowest BCUT2D eigenvalue weighted by Crippen LogP contribution is -2.30. The number of carbonyl (C=O) groups is 2. The molecule has 6 heteroatoms. The Hall–Kier alpha value is -3.41. The number of nitrogens with zero attached hydrogens (tertiary/aromatic N) is 3. The summed E-state index contributed by atoms with van der Waals surface area (Å²) in [7, 11) is 0. The second-order valence-corrected chi connectivity index (χ2v) is 7.70. The van der Waals surface area contributed by atoms with E-state index in [0.717, 1.165) is 18.4 Å². The fourth-order valence-corrected chi connectivity index (χ4v) is 3.78. The minimum atomic E-state index is -0.246. The Morgan fingerprint density at radius 2 is 1.83 bits per heavy atom. The number of rotatable bonds is 6. The molecule has 30 heavy (non-hydrogen) atoms. The van der Waals surface area contributed by atoms with Crippen LogP contribution in [0.1, 0.15) is 44.1 Å². The van der Waals surface area contributed by atoms with Crippen molar-refractivity contribution >= 4 is 11.8 Å². The smallest absolute Gasteiger partial charge is 0.272 e. The highest BCUT2D eigenvalue weighted by atomic mass is 16.2. The molecule has 0 spiro atoms. The SMILES string of the molecule is Cc1cccc(CN2CCCn3nc(C(=O)NCCc4ccccc4)cc3C2=O)c1. The fraction of sp³-hybridized carbons (Fsp3) is 0.292. The largest absolute Gasteiger partial charge is 0.350 e. The summed E-state index contributed by atoms with van der Waals surface area (Å²) in [5.74, 6) is -0.325. The van der Waals surface area contributed by atoms with E-state index in [1.165, 1.54) is 11.1 Å². The maximum absolute atomic E-state index is 13.1. The van der Waals surface area contributed by atoms with Crippen molar-refractivity contribution in [1.29, 1.82) is 0 Å². The van der Waals surface area contributed by atoms with Gasteiger partial charge >= 0.3 is 0 Å². The maximum atomic E-state index is 13.1. The van der Waals surface area contributed by atoms with Crippen molar-refractivity contribution in [2.45, 2.75) is 32.9 Å². The van der Waals surface area contributed by atoms with Gasteiger partial charge in [-0.05, 0) is 30.9 Å². The molecular weight excluding hydrogens is 376 g/mol. The molecule has 1 aromatic heterocycles. The van der Waals surface area contributed by atoms with Crippen LogP contribution in [0.25, 0.3) is 0 Å². The number of carbonyl (C=O) groups excluding carboxylic acids is 2. The highest BCUT2D eigenvalue weighted by Crippen LogP contribution is 2.17.